The summed E-state index contributed by atoms with van der Waals surface area (Å²) in [6.45, 7) is 2.17. The third-order valence-corrected chi connectivity index (χ3v) is 3.01. The summed E-state index contributed by atoms with van der Waals surface area (Å²) in [7, 11) is 4.02. The van der Waals surface area contributed by atoms with E-state index in [0.29, 0.717) is 6.34 Å². The molecule has 0 radical (unpaired) electrons. The Morgan fingerprint density at radius 2 is 1.33 bits per heavy atom. The van der Waals surface area contributed by atoms with Crippen molar-refractivity contribution in [2.45, 2.75) is 0 Å². The topological polar surface area (TPSA) is 16.1 Å². The second kappa shape index (κ2) is 14.9. The first kappa shape index (κ1) is 22.3. The van der Waals surface area contributed by atoms with Crippen molar-refractivity contribution < 1.29 is 26.2 Å². The number of anilines is 1. The summed E-state index contributed by atoms with van der Waals surface area (Å²) < 4.78 is 0. The molecule has 122 valence electrons. The van der Waals surface area contributed by atoms with Gasteiger partial charge in [0, 0.05) is 101 Å². The maximum atomic E-state index is 3.90. The van der Waals surface area contributed by atoms with Gasteiger partial charge < -0.3 is 4.90 Å². The Kier molecular flexibility index (Phi) is 13.9. The van der Waals surface area contributed by atoms with E-state index in [9.17, 15) is 0 Å². The van der Waals surface area contributed by atoms with E-state index in [2.05, 4.69) is 35.9 Å². The normalized spacial score (nSPS) is 8.29. The van der Waals surface area contributed by atoms with Gasteiger partial charge in [-0.1, -0.05) is 6.07 Å². The van der Waals surface area contributed by atoms with E-state index < -0.39 is 0 Å². The molecule has 2 heterocycles. The summed E-state index contributed by atoms with van der Waals surface area (Å²) in [4.78, 5) is 5.94. The maximum absolute atomic E-state index is 3.90. The van der Waals surface area contributed by atoms with Crippen LogP contribution in [0.15, 0.2) is 97.1 Å². The Hall–Kier alpha value is -1.66. The summed E-state index contributed by atoms with van der Waals surface area (Å²) in [5, 5.41) is 0. The fraction of sp³-hybridized carbons (Fsp3) is 0.150. The van der Waals surface area contributed by atoms with Gasteiger partial charge in [-0.3, -0.25) is 16.9 Å². The Bertz CT molecular complexity index is 588. The number of rotatable bonds is 1. The van der Waals surface area contributed by atoms with E-state index in [1.54, 1.807) is 12.4 Å². The van der Waals surface area contributed by atoms with Gasteiger partial charge in [0.05, 0.1) is 0 Å². The molecule has 0 unspecified atom stereocenters. The number of aryl methyl sites for hydroxylation is 1. The molecule has 0 N–H and O–H groups in total. The quantitative estimate of drug-likeness (QED) is 0.569. The van der Waals surface area contributed by atoms with Crippen LogP contribution in [0.2, 0.25) is 0 Å². The van der Waals surface area contributed by atoms with Gasteiger partial charge in [-0.25, -0.2) is 6.82 Å². The Balaban J connectivity index is 0.000000327. The van der Waals surface area contributed by atoms with Crippen LogP contribution in [-0.2, 0) is 33.0 Å². The molecule has 0 amide bonds. The van der Waals surface area contributed by atoms with Crippen LogP contribution in [0.3, 0.4) is 0 Å². The first-order valence-corrected chi connectivity index (χ1v) is 7.79. The first-order valence-electron chi connectivity index (χ1n) is 7.79. The molecule has 0 saturated heterocycles. The molecule has 3 aromatic rings. The summed E-state index contributed by atoms with van der Waals surface area (Å²) in [6.07, 6.45) is 4.22. The number of aromatic nitrogens is 1. The molecule has 1 aromatic carbocycles. The smallest absolute Gasteiger partial charge is 0.0467 e. The maximum Gasteiger partial charge on any atom is 0.0467 e. The average Bonchev–Trinajstić information content (AvgIpc) is 2.90. The number of nitrogens with zero attached hydrogens (tertiary/aromatic N) is 2. The Labute approximate surface area is 165 Å². The molecule has 0 aliphatic heterocycles. The molecule has 4 heteroatoms. The van der Waals surface area contributed by atoms with E-state index in [-0.39, 0.29) is 26.2 Å². The van der Waals surface area contributed by atoms with Crippen molar-refractivity contribution in [1.82, 2.24) is 4.98 Å². The molecule has 0 aliphatic rings. The molecule has 3 rings (SSSR count). The summed E-state index contributed by atoms with van der Waals surface area (Å²) >= 11 is 0. The minimum Gasteiger partial charge on any atom is -0.378 e. The molecule has 2 nitrogen and oxygen atoms in total. The third kappa shape index (κ3) is 11.8. The van der Waals surface area contributed by atoms with E-state index in [4.69, 9.17) is 0 Å². The third-order valence-electron chi connectivity index (χ3n) is 3.01. The molecular formula is C20H25BN2Zr. The van der Waals surface area contributed by atoms with Crippen molar-refractivity contribution >= 4 is 12.0 Å². The molecule has 0 bridgehead atoms. The van der Waals surface area contributed by atoms with Crippen molar-refractivity contribution in [3.05, 3.63) is 97.1 Å². The van der Waals surface area contributed by atoms with Crippen LogP contribution in [0, 0.1) is 0 Å². The molecule has 0 fully saturated rings. The van der Waals surface area contributed by atoms with Gasteiger partial charge in [-0.05, 0) is 12.1 Å². The van der Waals surface area contributed by atoms with Gasteiger partial charge in [-0.2, -0.15) is 0 Å². The van der Waals surface area contributed by atoms with Crippen molar-refractivity contribution in [2.75, 3.05) is 19.0 Å². The molecular weight excluding hydrogens is 370 g/mol. The Morgan fingerprint density at radius 1 is 0.833 bits per heavy atom. The van der Waals surface area contributed by atoms with Crippen molar-refractivity contribution in [1.29, 1.82) is 0 Å². The van der Waals surface area contributed by atoms with Gasteiger partial charge in [0.2, 0.25) is 0 Å². The molecule has 24 heavy (non-hydrogen) atoms. The van der Waals surface area contributed by atoms with Crippen LogP contribution in [0.5, 0.6) is 0 Å². The fourth-order valence-electron chi connectivity index (χ4n) is 1.70. The van der Waals surface area contributed by atoms with Gasteiger partial charge >= 0.3 is 0 Å². The van der Waals surface area contributed by atoms with Crippen molar-refractivity contribution in [3.8, 4) is 0 Å². The monoisotopic (exact) mass is 394 g/mol. The fourth-order valence-corrected chi connectivity index (χ4v) is 1.70. The van der Waals surface area contributed by atoms with Gasteiger partial charge in [0.1, 0.15) is 0 Å². The SMILES string of the molecule is CN(C)c1ccncc1.C[b-]1ccccc1.[Zr].c1ccc[cH+]cc1. The zero-order chi connectivity index (χ0) is 16.8. The molecule has 0 aliphatic carbocycles. The van der Waals surface area contributed by atoms with Crippen LogP contribution >= 0.6 is 0 Å². The zero-order valence-corrected chi connectivity index (χ0v) is 17.2. The van der Waals surface area contributed by atoms with Crippen LogP contribution < -0.4 is 4.90 Å². The van der Waals surface area contributed by atoms with E-state index >= 15 is 0 Å². The van der Waals surface area contributed by atoms with E-state index in [1.165, 1.54) is 5.69 Å². The summed E-state index contributed by atoms with van der Waals surface area (Å²) in [5.74, 6) is 4.33. The second-order valence-electron chi connectivity index (χ2n) is 5.27. The predicted octanol–water partition coefficient (Wildman–Crippen LogP) is 4.36. The molecule has 0 spiro atoms. The minimum absolute atomic E-state index is 0. The van der Waals surface area contributed by atoms with Crippen molar-refractivity contribution in [3.63, 3.8) is 0 Å². The molecule has 0 saturated carbocycles. The second-order valence-corrected chi connectivity index (χ2v) is 5.27. The van der Waals surface area contributed by atoms with Gasteiger partial charge in [-0.15, -0.1) is 18.5 Å². The number of hydrogen-bond donors (Lipinski definition) is 0. The van der Waals surface area contributed by atoms with E-state index in [1.807, 2.05) is 79.7 Å². The van der Waals surface area contributed by atoms with Crippen molar-refractivity contribution in [2.24, 2.45) is 6.82 Å². The van der Waals surface area contributed by atoms with Crippen LogP contribution in [-0.4, -0.2) is 25.4 Å². The van der Waals surface area contributed by atoms with Gasteiger partial charge in [0.15, 0.2) is 0 Å². The average molecular weight is 395 g/mol. The van der Waals surface area contributed by atoms with Gasteiger partial charge in [0.25, 0.3) is 0 Å². The predicted molar refractivity (Wildman–Crippen MR) is 103 cm³/mol. The summed E-state index contributed by atoms with van der Waals surface area (Å²) in [6, 6.07) is 24.1. The number of pyridine rings is 1. The van der Waals surface area contributed by atoms with Crippen LogP contribution in [0.1, 0.15) is 0 Å². The van der Waals surface area contributed by atoms with Crippen LogP contribution in [0.4, 0.5) is 5.69 Å². The summed E-state index contributed by atoms with van der Waals surface area (Å²) in [5.41, 5.74) is 1.19. The van der Waals surface area contributed by atoms with E-state index in [0.717, 1.165) is 0 Å². The molecule has 2 aromatic heterocycles. The van der Waals surface area contributed by atoms with Crippen LogP contribution in [0.25, 0.3) is 0 Å². The standard InChI is InChI=1S/C7H10N2.C7H7.C6H8B.Zr/c1-9(2)7-3-5-8-6-4-7;1-2-4-6-7-5-3-1;1-7-5-3-2-4-6-7;/h3-6H,1-2H3;1-7H;2-6H,1H3;/q;+1;-1;. The minimum atomic E-state index is 0. The largest absolute Gasteiger partial charge is 0.378 e. The first-order chi connectivity index (χ1) is 11.2. The Morgan fingerprint density at radius 3 is 1.71 bits per heavy atom. The molecule has 0 atom stereocenters. The zero-order valence-electron chi connectivity index (χ0n) is 14.7. The number of hydrogen-bond acceptors (Lipinski definition) is 2.